The van der Waals surface area contributed by atoms with Gasteiger partial charge in [-0.3, -0.25) is 4.79 Å². The molecule has 1 aliphatic carbocycles. The van der Waals surface area contributed by atoms with Gasteiger partial charge in [0.2, 0.25) is 0 Å². The number of hydrogen-bond acceptors (Lipinski definition) is 3. The van der Waals surface area contributed by atoms with Gasteiger partial charge >= 0.3 is 5.97 Å². The summed E-state index contributed by atoms with van der Waals surface area (Å²) >= 11 is 0. The lowest BCUT2D eigenvalue weighted by molar-refractivity contribution is -0.140. The second-order valence-corrected chi connectivity index (χ2v) is 6.44. The quantitative estimate of drug-likeness (QED) is 0.759. The molecule has 0 aromatic rings. The smallest absolute Gasteiger partial charge is 0.305 e. The second kappa shape index (κ2) is 5.32. The summed E-state index contributed by atoms with van der Waals surface area (Å²) in [4.78, 5) is 11.0. The minimum Gasteiger partial charge on any atom is -0.481 e. The van der Waals surface area contributed by atoms with Crippen molar-refractivity contribution in [3.05, 3.63) is 0 Å². The van der Waals surface area contributed by atoms with Crippen molar-refractivity contribution in [3.8, 4) is 0 Å². The zero-order valence-electron chi connectivity index (χ0n) is 10.3. The molecule has 100 valence electrons. The third-order valence-corrected chi connectivity index (χ3v) is 5.18. The summed E-state index contributed by atoms with van der Waals surface area (Å²) in [6.07, 6.45) is 3.86. The van der Waals surface area contributed by atoms with E-state index in [-0.39, 0.29) is 6.42 Å². The van der Waals surface area contributed by atoms with Crippen molar-refractivity contribution in [1.29, 1.82) is 0 Å². The Hall–Kier alpha value is -0.660. The maximum Gasteiger partial charge on any atom is 0.305 e. The number of aliphatic carboxylic acids is 1. The van der Waals surface area contributed by atoms with Crippen molar-refractivity contribution in [2.24, 2.45) is 0 Å². The summed E-state index contributed by atoms with van der Waals surface area (Å²) in [5, 5.41) is 8.98. The molecule has 1 fully saturated rings. The molecule has 7 heteroatoms. The number of nitrogens with one attached hydrogen (secondary N) is 1. The Morgan fingerprint density at radius 2 is 1.88 bits per heavy atom. The van der Waals surface area contributed by atoms with Crippen LogP contribution in [0.15, 0.2) is 0 Å². The van der Waals surface area contributed by atoms with Crippen LogP contribution in [0.2, 0.25) is 0 Å². The summed E-state index contributed by atoms with van der Waals surface area (Å²) < 4.78 is 27.1. The third-order valence-electron chi connectivity index (χ3n) is 3.55. The van der Waals surface area contributed by atoms with E-state index in [0.717, 1.165) is 19.3 Å². The van der Waals surface area contributed by atoms with Crippen LogP contribution in [0.5, 0.6) is 0 Å². The van der Waals surface area contributed by atoms with Gasteiger partial charge < -0.3 is 5.11 Å². The van der Waals surface area contributed by atoms with E-state index in [9.17, 15) is 13.2 Å². The Balaban J connectivity index is 3.01. The SMILES string of the molecule is CNS(=O)(=O)N(C)C1(CC(=O)O)CCCCC1. The van der Waals surface area contributed by atoms with E-state index in [4.69, 9.17) is 5.11 Å². The maximum atomic E-state index is 11.8. The van der Waals surface area contributed by atoms with Crippen molar-refractivity contribution in [3.63, 3.8) is 0 Å². The molecule has 0 heterocycles. The van der Waals surface area contributed by atoms with Gasteiger partial charge in [0.25, 0.3) is 10.2 Å². The molecule has 0 aliphatic heterocycles. The zero-order valence-corrected chi connectivity index (χ0v) is 11.1. The molecule has 0 radical (unpaired) electrons. The molecule has 2 N–H and O–H groups in total. The van der Waals surface area contributed by atoms with Gasteiger partial charge in [-0.05, 0) is 12.8 Å². The Labute approximate surface area is 102 Å². The van der Waals surface area contributed by atoms with Crippen LogP contribution in [0, 0.1) is 0 Å². The topological polar surface area (TPSA) is 86.7 Å². The molecule has 0 amide bonds. The average Bonchev–Trinajstić information content (AvgIpc) is 2.28. The molecule has 6 nitrogen and oxygen atoms in total. The molecule has 0 atom stereocenters. The maximum absolute atomic E-state index is 11.8. The fourth-order valence-electron chi connectivity index (χ4n) is 2.49. The van der Waals surface area contributed by atoms with Crippen LogP contribution in [0.25, 0.3) is 0 Å². The van der Waals surface area contributed by atoms with Crippen LogP contribution >= 0.6 is 0 Å². The Bertz CT molecular complexity index is 374. The van der Waals surface area contributed by atoms with Crippen LogP contribution in [-0.2, 0) is 15.0 Å². The number of carboxylic acid groups (broad SMARTS) is 1. The summed E-state index contributed by atoms with van der Waals surface area (Å²) in [6, 6.07) is 0. The molecule has 17 heavy (non-hydrogen) atoms. The predicted octanol–water partition coefficient (Wildman–Crippen LogP) is 0.560. The molecule has 0 aromatic heterocycles. The predicted molar refractivity (Wildman–Crippen MR) is 63.8 cm³/mol. The van der Waals surface area contributed by atoms with Gasteiger partial charge in [-0.2, -0.15) is 12.7 Å². The van der Waals surface area contributed by atoms with E-state index in [1.807, 2.05) is 0 Å². The highest BCUT2D eigenvalue weighted by atomic mass is 32.2. The van der Waals surface area contributed by atoms with Crippen molar-refractivity contribution in [2.45, 2.75) is 44.1 Å². The minimum atomic E-state index is -3.58. The first-order valence-electron chi connectivity index (χ1n) is 5.73. The molecular formula is C10H20N2O4S. The monoisotopic (exact) mass is 264 g/mol. The van der Waals surface area contributed by atoms with Gasteiger partial charge in [-0.25, -0.2) is 4.72 Å². The lowest BCUT2D eigenvalue weighted by atomic mass is 9.79. The van der Waals surface area contributed by atoms with Crippen LogP contribution in [-0.4, -0.2) is 43.4 Å². The zero-order chi connectivity index (χ0) is 13.1. The van der Waals surface area contributed by atoms with Gasteiger partial charge in [-0.15, -0.1) is 0 Å². The number of carboxylic acids is 1. The summed E-state index contributed by atoms with van der Waals surface area (Å²) in [7, 11) is -0.787. The lowest BCUT2D eigenvalue weighted by Crippen LogP contribution is -2.54. The molecule has 0 aromatic carbocycles. The third kappa shape index (κ3) is 3.17. The fraction of sp³-hybridized carbons (Fsp3) is 0.900. The van der Waals surface area contributed by atoms with Gasteiger partial charge in [0, 0.05) is 19.6 Å². The lowest BCUT2D eigenvalue weighted by Gasteiger charge is -2.42. The van der Waals surface area contributed by atoms with Gasteiger partial charge in [0.05, 0.1) is 6.42 Å². The highest BCUT2D eigenvalue weighted by molar-refractivity contribution is 7.87. The van der Waals surface area contributed by atoms with Crippen molar-refractivity contribution < 1.29 is 18.3 Å². The molecule has 1 saturated carbocycles. The largest absolute Gasteiger partial charge is 0.481 e. The standard InChI is InChI=1S/C10H20N2O4S/c1-11-17(15,16)12(2)10(8-9(13)14)6-4-3-5-7-10/h11H,3-8H2,1-2H3,(H,13,14). The van der Waals surface area contributed by atoms with Crippen molar-refractivity contribution in [1.82, 2.24) is 9.03 Å². The van der Waals surface area contributed by atoms with Gasteiger partial charge in [-0.1, -0.05) is 19.3 Å². The van der Waals surface area contributed by atoms with Crippen LogP contribution < -0.4 is 4.72 Å². The molecule has 1 rings (SSSR count). The number of hydrogen-bond donors (Lipinski definition) is 2. The summed E-state index contributed by atoms with van der Waals surface area (Å²) in [6.45, 7) is 0. The fourth-order valence-corrected chi connectivity index (χ4v) is 3.52. The Morgan fingerprint density at radius 1 is 1.35 bits per heavy atom. The van der Waals surface area contributed by atoms with Crippen LogP contribution in [0.3, 0.4) is 0 Å². The Kier molecular flexibility index (Phi) is 4.51. The number of rotatable bonds is 5. The van der Waals surface area contributed by atoms with E-state index in [1.165, 1.54) is 18.4 Å². The number of nitrogens with zero attached hydrogens (tertiary/aromatic N) is 1. The molecule has 0 unspecified atom stereocenters. The molecule has 0 spiro atoms. The normalized spacial score (nSPS) is 20.4. The first-order chi connectivity index (χ1) is 7.84. The van der Waals surface area contributed by atoms with Crippen LogP contribution in [0.4, 0.5) is 0 Å². The van der Waals surface area contributed by atoms with Crippen molar-refractivity contribution >= 4 is 16.2 Å². The highest BCUT2D eigenvalue weighted by Crippen LogP contribution is 2.36. The van der Waals surface area contributed by atoms with E-state index in [0.29, 0.717) is 12.8 Å². The minimum absolute atomic E-state index is 0.135. The second-order valence-electron chi connectivity index (χ2n) is 4.53. The summed E-state index contributed by atoms with van der Waals surface area (Å²) in [5.41, 5.74) is -0.772. The van der Waals surface area contributed by atoms with Gasteiger partial charge in [0.1, 0.15) is 0 Å². The van der Waals surface area contributed by atoms with E-state index >= 15 is 0 Å². The highest BCUT2D eigenvalue weighted by Gasteiger charge is 2.43. The van der Waals surface area contributed by atoms with Crippen molar-refractivity contribution in [2.75, 3.05) is 14.1 Å². The first kappa shape index (κ1) is 14.4. The summed E-state index contributed by atoms with van der Waals surface area (Å²) in [5.74, 6) is -0.954. The van der Waals surface area contributed by atoms with E-state index in [1.54, 1.807) is 0 Å². The molecular weight excluding hydrogens is 244 g/mol. The molecule has 1 aliphatic rings. The van der Waals surface area contributed by atoms with Crippen LogP contribution in [0.1, 0.15) is 38.5 Å². The average molecular weight is 264 g/mol. The molecule has 0 bridgehead atoms. The molecule has 0 saturated heterocycles. The van der Waals surface area contributed by atoms with E-state index in [2.05, 4.69) is 4.72 Å². The first-order valence-corrected chi connectivity index (χ1v) is 7.17. The van der Waals surface area contributed by atoms with E-state index < -0.39 is 21.7 Å². The Morgan fingerprint density at radius 3 is 2.29 bits per heavy atom. The number of carbonyl (C=O) groups is 1. The van der Waals surface area contributed by atoms with Gasteiger partial charge in [0.15, 0.2) is 0 Å².